The van der Waals surface area contributed by atoms with E-state index in [1.165, 1.54) is 25.7 Å². The first kappa shape index (κ1) is 16.7. The van der Waals surface area contributed by atoms with E-state index in [9.17, 15) is 4.79 Å². The molecule has 1 aromatic rings. The molecule has 2 heterocycles. The van der Waals surface area contributed by atoms with E-state index in [-0.39, 0.29) is 5.91 Å². The Bertz CT molecular complexity index is 622. The molecular weight excluding hydrogens is 318 g/mol. The minimum absolute atomic E-state index is 0.141. The van der Waals surface area contributed by atoms with Crippen molar-refractivity contribution in [3.05, 3.63) is 23.8 Å². The Hall–Kier alpha value is -1.79. The van der Waals surface area contributed by atoms with Crippen LogP contribution in [0.2, 0.25) is 0 Å². The number of hydrazine groups is 1. The fraction of sp³-hybridized carbons (Fsp3) is 0.632. The van der Waals surface area contributed by atoms with E-state index < -0.39 is 0 Å². The van der Waals surface area contributed by atoms with Crippen LogP contribution in [0.25, 0.3) is 0 Å². The Kier molecular flexibility index (Phi) is 5.08. The zero-order valence-electron chi connectivity index (χ0n) is 14.6. The second kappa shape index (κ2) is 7.62. The molecule has 1 amide bonds. The van der Waals surface area contributed by atoms with Gasteiger partial charge in [0.25, 0.3) is 0 Å². The van der Waals surface area contributed by atoms with E-state index in [0.29, 0.717) is 37.8 Å². The van der Waals surface area contributed by atoms with Crippen LogP contribution in [-0.2, 0) is 11.2 Å². The Labute approximate surface area is 148 Å². The summed E-state index contributed by atoms with van der Waals surface area (Å²) in [5.41, 5.74) is 7.97. The topological polar surface area (TPSA) is 71.6 Å². The minimum Gasteiger partial charge on any atom is -0.454 e. The van der Waals surface area contributed by atoms with Crippen molar-refractivity contribution < 1.29 is 14.3 Å². The van der Waals surface area contributed by atoms with Gasteiger partial charge in [-0.3, -0.25) is 15.6 Å². The van der Waals surface area contributed by atoms with Crippen LogP contribution in [0.5, 0.6) is 11.5 Å². The Morgan fingerprint density at radius 3 is 3.00 bits per heavy atom. The third kappa shape index (κ3) is 3.90. The molecule has 1 aromatic carbocycles. The number of hydrogen-bond donors (Lipinski definition) is 3. The maximum absolute atomic E-state index is 12.1. The zero-order valence-corrected chi connectivity index (χ0v) is 14.6. The molecule has 2 aliphatic heterocycles. The highest BCUT2D eigenvalue weighted by Crippen LogP contribution is 2.33. The summed E-state index contributed by atoms with van der Waals surface area (Å²) in [7, 11) is 0. The van der Waals surface area contributed by atoms with Gasteiger partial charge in [-0.05, 0) is 49.3 Å². The van der Waals surface area contributed by atoms with Gasteiger partial charge in [0.1, 0.15) is 0 Å². The number of carbonyl (C=O) groups is 1. The number of ether oxygens (including phenoxy) is 2. The van der Waals surface area contributed by atoms with Gasteiger partial charge < -0.3 is 14.8 Å². The third-order valence-electron chi connectivity index (χ3n) is 5.65. The van der Waals surface area contributed by atoms with Gasteiger partial charge >= 0.3 is 0 Å². The summed E-state index contributed by atoms with van der Waals surface area (Å²) in [5.74, 6) is 2.43. The molecule has 25 heavy (non-hydrogen) atoms. The van der Waals surface area contributed by atoms with Crippen LogP contribution in [0.3, 0.4) is 0 Å². The van der Waals surface area contributed by atoms with Crippen LogP contribution in [0.4, 0.5) is 0 Å². The molecule has 3 aliphatic rings. The summed E-state index contributed by atoms with van der Waals surface area (Å²) >= 11 is 0. The molecule has 6 heteroatoms. The van der Waals surface area contributed by atoms with Crippen LogP contribution in [0.15, 0.2) is 18.2 Å². The predicted octanol–water partition coefficient (Wildman–Crippen LogP) is 1.89. The van der Waals surface area contributed by atoms with Gasteiger partial charge in [0.2, 0.25) is 12.7 Å². The van der Waals surface area contributed by atoms with Crippen LogP contribution in [0.1, 0.15) is 44.1 Å². The number of rotatable bonds is 6. The molecule has 1 aliphatic carbocycles. The number of nitrogens with one attached hydrogen (secondary N) is 3. The summed E-state index contributed by atoms with van der Waals surface area (Å²) in [5, 5.41) is 3.04. The van der Waals surface area contributed by atoms with E-state index in [1.54, 1.807) is 0 Å². The van der Waals surface area contributed by atoms with Gasteiger partial charge in [-0.2, -0.15) is 0 Å². The highest BCUT2D eigenvalue weighted by Gasteiger charge is 2.36. The number of fused-ring (bicyclic) bond motifs is 2. The van der Waals surface area contributed by atoms with Gasteiger partial charge in [0, 0.05) is 25.0 Å². The maximum atomic E-state index is 12.1. The molecule has 3 N–H and O–H groups in total. The van der Waals surface area contributed by atoms with Gasteiger partial charge in [0.05, 0.1) is 0 Å². The van der Waals surface area contributed by atoms with Crippen molar-refractivity contribution in [3.63, 3.8) is 0 Å². The molecule has 0 aromatic heterocycles. The first-order valence-electron chi connectivity index (χ1n) is 9.46. The molecule has 136 valence electrons. The van der Waals surface area contributed by atoms with Gasteiger partial charge in [-0.25, -0.2) is 0 Å². The van der Waals surface area contributed by atoms with Crippen LogP contribution in [-0.4, -0.2) is 31.3 Å². The fourth-order valence-electron chi connectivity index (χ4n) is 4.25. The van der Waals surface area contributed by atoms with Crippen molar-refractivity contribution in [2.75, 3.05) is 13.3 Å². The Balaban J connectivity index is 1.17. The zero-order chi connectivity index (χ0) is 17.1. The van der Waals surface area contributed by atoms with E-state index >= 15 is 0 Å². The first-order chi connectivity index (χ1) is 12.3. The van der Waals surface area contributed by atoms with E-state index in [0.717, 1.165) is 29.9 Å². The molecule has 4 rings (SSSR count). The molecule has 3 atom stereocenters. The Morgan fingerprint density at radius 2 is 2.04 bits per heavy atom. The monoisotopic (exact) mass is 345 g/mol. The van der Waals surface area contributed by atoms with Gasteiger partial charge in [-0.15, -0.1) is 0 Å². The summed E-state index contributed by atoms with van der Waals surface area (Å²) < 4.78 is 10.7. The first-order valence-corrected chi connectivity index (χ1v) is 9.46. The molecule has 0 spiro atoms. The molecular formula is C19H27N3O3. The molecule has 6 nitrogen and oxygen atoms in total. The third-order valence-corrected chi connectivity index (χ3v) is 5.65. The second-order valence-corrected chi connectivity index (χ2v) is 7.28. The molecule has 3 unspecified atom stereocenters. The molecule has 0 bridgehead atoms. The summed E-state index contributed by atoms with van der Waals surface area (Å²) in [6.07, 6.45) is 7.48. The second-order valence-electron chi connectivity index (χ2n) is 7.28. The molecule has 0 radical (unpaired) electrons. The minimum atomic E-state index is 0.141. The van der Waals surface area contributed by atoms with Crippen molar-refractivity contribution in [1.29, 1.82) is 0 Å². The van der Waals surface area contributed by atoms with Crippen molar-refractivity contribution in [2.24, 2.45) is 5.92 Å². The number of carbonyl (C=O) groups excluding carboxylic acids is 1. The lowest BCUT2D eigenvalue weighted by Gasteiger charge is -2.27. The van der Waals surface area contributed by atoms with E-state index in [1.807, 2.05) is 18.2 Å². The smallest absolute Gasteiger partial charge is 0.231 e. The molecule has 2 fully saturated rings. The lowest BCUT2D eigenvalue weighted by atomic mass is 9.80. The molecule has 1 saturated heterocycles. The number of benzene rings is 1. The van der Waals surface area contributed by atoms with Crippen LogP contribution in [0, 0.1) is 5.92 Å². The Morgan fingerprint density at radius 1 is 1.16 bits per heavy atom. The fourth-order valence-corrected chi connectivity index (χ4v) is 4.25. The number of amides is 1. The number of hydrogen-bond acceptors (Lipinski definition) is 5. The maximum Gasteiger partial charge on any atom is 0.231 e. The van der Waals surface area contributed by atoms with Crippen molar-refractivity contribution >= 4 is 5.91 Å². The average Bonchev–Trinajstić information content (AvgIpc) is 3.26. The summed E-state index contributed by atoms with van der Waals surface area (Å²) in [6, 6.07) is 6.99. The van der Waals surface area contributed by atoms with Crippen molar-refractivity contribution in [2.45, 2.75) is 57.0 Å². The standard InChI is InChI=1S/C19H27N3O3/c23-19(8-6-16-14-3-1-2-4-15(14)21-22-16)20-10-9-13-5-7-17-18(11-13)25-12-24-17/h5,7,11,14-16,21-22H,1-4,6,8-10,12H2,(H,20,23). The lowest BCUT2D eigenvalue weighted by molar-refractivity contribution is -0.121. The van der Waals surface area contributed by atoms with E-state index in [2.05, 4.69) is 16.2 Å². The summed E-state index contributed by atoms with van der Waals surface area (Å²) in [6.45, 7) is 0.947. The predicted molar refractivity (Wildman–Crippen MR) is 94.3 cm³/mol. The van der Waals surface area contributed by atoms with Gasteiger partial charge in [0.15, 0.2) is 11.5 Å². The van der Waals surface area contributed by atoms with Crippen LogP contribution < -0.4 is 25.6 Å². The quantitative estimate of drug-likeness (QED) is 0.734. The highest BCUT2D eigenvalue weighted by molar-refractivity contribution is 5.75. The van der Waals surface area contributed by atoms with E-state index in [4.69, 9.17) is 9.47 Å². The SMILES string of the molecule is O=C(CCC1NNC2CCCCC21)NCCc1ccc2c(c1)OCO2. The largest absolute Gasteiger partial charge is 0.454 e. The highest BCUT2D eigenvalue weighted by atomic mass is 16.7. The average molecular weight is 345 g/mol. The normalized spacial score (nSPS) is 27.1. The summed E-state index contributed by atoms with van der Waals surface area (Å²) in [4.78, 5) is 12.1. The molecule has 1 saturated carbocycles. The van der Waals surface area contributed by atoms with Crippen molar-refractivity contribution in [1.82, 2.24) is 16.2 Å². The lowest BCUT2D eigenvalue weighted by Crippen LogP contribution is -2.34. The van der Waals surface area contributed by atoms with Gasteiger partial charge in [-0.1, -0.05) is 18.9 Å². The van der Waals surface area contributed by atoms with Crippen LogP contribution >= 0.6 is 0 Å². The van der Waals surface area contributed by atoms with Crippen molar-refractivity contribution in [3.8, 4) is 11.5 Å².